The van der Waals surface area contributed by atoms with Gasteiger partial charge in [-0.2, -0.15) is 0 Å². The van der Waals surface area contributed by atoms with Gasteiger partial charge in [-0.15, -0.1) is 0 Å². The maximum absolute atomic E-state index is 10.4. The maximum Gasteiger partial charge on any atom is 0.230 e. The third-order valence-electron chi connectivity index (χ3n) is 1.67. The summed E-state index contributed by atoms with van der Waals surface area (Å²) in [4.78, 5) is 18.3. The number of carbonyl (C=O) groups is 1. The standard InChI is InChI=1S/C8H7N3O2/c1-13-8-4-11-3-6(5-12)10-7(11)2-9-8/h2-5H,1H3. The fourth-order valence-electron chi connectivity index (χ4n) is 1.06. The summed E-state index contributed by atoms with van der Waals surface area (Å²) in [5, 5.41) is 0. The van der Waals surface area contributed by atoms with Gasteiger partial charge in [-0.05, 0) is 0 Å². The Kier molecular flexibility index (Phi) is 1.70. The molecule has 2 aromatic heterocycles. The number of nitrogens with zero attached hydrogens (tertiary/aromatic N) is 3. The van der Waals surface area contributed by atoms with E-state index >= 15 is 0 Å². The van der Waals surface area contributed by atoms with E-state index in [4.69, 9.17) is 4.74 Å². The van der Waals surface area contributed by atoms with Gasteiger partial charge in [0.05, 0.1) is 19.5 Å². The van der Waals surface area contributed by atoms with Crippen molar-refractivity contribution >= 4 is 11.9 Å². The predicted octanol–water partition coefficient (Wildman–Crippen LogP) is 0.550. The van der Waals surface area contributed by atoms with Crippen molar-refractivity contribution in [3.63, 3.8) is 0 Å². The molecule has 13 heavy (non-hydrogen) atoms. The van der Waals surface area contributed by atoms with Crippen molar-refractivity contribution in [2.45, 2.75) is 0 Å². The summed E-state index contributed by atoms with van der Waals surface area (Å²) in [5.41, 5.74) is 1.01. The zero-order chi connectivity index (χ0) is 9.26. The van der Waals surface area contributed by atoms with Crippen molar-refractivity contribution in [3.05, 3.63) is 24.3 Å². The number of methoxy groups -OCH3 is 1. The molecule has 2 heterocycles. The molecule has 0 saturated carbocycles. The molecule has 66 valence electrons. The summed E-state index contributed by atoms with van der Waals surface area (Å²) in [6, 6.07) is 0. The smallest absolute Gasteiger partial charge is 0.230 e. The Morgan fingerprint density at radius 1 is 1.54 bits per heavy atom. The minimum absolute atomic E-state index is 0.384. The van der Waals surface area contributed by atoms with Gasteiger partial charge >= 0.3 is 0 Å². The first kappa shape index (κ1) is 7.72. The molecule has 0 atom stereocenters. The lowest BCUT2D eigenvalue weighted by Crippen LogP contribution is -1.90. The quantitative estimate of drug-likeness (QED) is 0.628. The summed E-state index contributed by atoms with van der Waals surface area (Å²) >= 11 is 0. The highest BCUT2D eigenvalue weighted by Crippen LogP contribution is 2.08. The molecule has 5 heteroatoms. The lowest BCUT2D eigenvalue weighted by molar-refractivity contribution is 0.111. The van der Waals surface area contributed by atoms with Gasteiger partial charge in [-0.3, -0.25) is 9.20 Å². The Morgan fingerprint density at radius 3 is 3.08 bits per heavy atom. The Bertz CT molecular complexity index is 450. The van der Waals surface area contributed by atoms with Crippen LogP contribution in [-0.2, 0) is 0 Å². The van der Waals surface area contributed by atoms with Gasteiger partial charge in [-0.1, -0.05) is 0 Å². The van der Waals surface area contributed by atoms with E-state index in [2.05, 4.69) is 9.97 Å². The van der Waals surface area contributed by atoms with Crippen LogP contribution < -0.4 is 4.74 Å². The second-order valence-electron chi connectivity index (χ2n) is 2.48. The van der Waals surface area contributed by atoms with Gasteiger partial charge in [0.15, 0.2) is 11.9 Å². The number of rotatable bonds is 2. The number of ether oxygens (including phenoxy) is 1. The molecule has 5 nitrogen and oxygen atoms in total. The molecule has 0 N–H and O–H groups in total. The van der Waals surface area contributed by atoms with Crippen molar-refractivity contribution in [1.82, 2.24) is 14.4 Å². The topological polar surface area (TPSA) is 56.5 Å². The van der Waals surface area contributed by atoms with Crippen molar-refractivity contribution in [1.29, 1.82) is 0 Å². The summed E-state index contributed by atoms with van der Waals surface area (Å²) in [5.74, 6) is 0.488. The van der Waals surface area contributed by atoms with Crippen LogP contribution in [0.15, 0.2) is 18.6 Å². The average molecular weight is 177 g/mol. The molecule has 0 unspecified atom stereocenters. The van der Waals surface area contributed by atoms with Gasteiger partial charge in [0.25, 0.3) is 0 Å². The van der Waals surface area contributed by atoms with Crippen molar-refractivity contribution in [3.8, 4) is 5.88 Å². The molecule has 2 rings (SSSR count). The average Bonchev–Trinajstić information content (AvgIpc) is 2.58. The highest BCUT2D eigenvalue weighted by Gasteiger charge is 2.01. The molecule has 0 fully saturated rings. The van der Waals surface area contributed by atoms with Crippen LogP contribution in [0, 0.1) is 0 Å². The number of carbonyl (C=O) groups excluding carboxylic acids is 1. The second-order valence-corrected chi connectivity index (χ2v) is 2.48. The largest absolute Gasteiger partial charge is 0.480 e. The van der Waals surface area contributed by atoms with Crippen LogP contribution in [0.1, 0.15) is 10.5 Å². The van der Waals surface area contributed by atoms with Gasteiger partial charge in [0.1, 0.15) is 5.69 Å². The molecule has 0 radical (unpaired) electrons. The lowest BCUT2D eigenvalue weighted by Gasteiger charge is -1.97. The highest BCUT2D eigenvalue weighted by atomic mass is 16.5. The van der Waals surface area contributed by atoms with Crippen LogP contribution in [0.3, 0.4) is 0 Å². The predicted molar refractivity (Wildman–Crippen MR) is 44.9 cm³/mol. The number of hydrogen-bond acceptors (Lipinski definition) is 4. The first-order chi connectivity index (χ1) is 6.33. The molecule has 0 aromatic carbocycles. The van der Waals surface area contributed by atoms with Crippen LogP contribution in [0.2, 0.25) is 0 Å². The van der Waals surface area contributed by atoms with Gasteiger partial charge < -0.3 is 4.74 Å². The van der Waals surface area contributed by atoms with E-state index < -0.39 is 0 Å². The molecule has 0 saturated heterocycles. The van der Waals surface area contributed by atoms with Crippen molar-refractivity contribution < 1.29 is 9.53 Å². The molecular weight excluding hydrogens is 170 g/mol. The summed E-state index contributed by atoms with van der Waals surface area (Å²) in [6.07, 6.45) is 5.52. The minimum atomic E-state index is 0.384. The number of imidazole rings is 1. The third-order valence-corrected chi connectivity index (χ3v) is 1.67. The molecule has 0 amide bonds. The zero-order valence-corrected chi connectivity index (χ0v) is 6.97. The first-order valence-electron chi connectivity index (χ1n) is 3.67. The number of aromatic nitrogens is 3. The molecule has 0 spiro atoms. The Balaban J connectivity index is 2.63. The van der Waals surface area contributed by atoms with Crippen LogP contribution in [0.5, 0.6) is 5.88 Å². The van der Waals surface area contributed by atoms with Crippen LogP contribution in [-0.4, -0.2) is 27.8 Å². The Morgan fingerprint density at radius 2 is 2.38 bits per heavy atom. The van der Waals surface area contributed by atoms with Crippen molar-refractivity contribution in [2.24, 2.45) is 0 Å². The lowest BCUT2D eigenvalue weighted by atomic mass is 10.5. The summed E-state index contributed by atoms with van der Waals surface area (Å²) in [7, 11) is 1.53. The number of fused-ring (bicyclic) bond motifs is 1. The highest BCUT2D eigenvalue weighted by molar-refractivity contribution is 5.73. The second kappa shape index (κ2) is 2.85. The molecular formula is C8H7N3O2. The Labute approximate surface area is 74.0 Å². The van der Waals surface area contributed by atoms with E-state index in [1.807, 2.05) is 0 Å². The van der Waals surface area contributed by atoms with Gasteiger partial charge in [-0.25, -0.2) is 9.97 Å². The fourth-order valence-corrected chi connectivity index (χ4v) is 1.06. The number of hydrogen-bond donors (Lipinski definition) is 0. The van der Waals surface area contributed by atoms with E-state index in [0.717, 1.165) is 0 Å². The van der Waals surface area contributed by atoms with E-state index in [0.29, 0.717) is 23.5 Å². The third kappa shape index (κ3) is 1.24. The van der Waals surface area contributed by atoms with E-state index in [1.54, 1.807) is 23.0 Å². The zero-order valence-electron chi connectivity index (χ0n) is 6.97. The van der Waals surface area contributed by atoms with E-state index in [-0.39, 0.29) is 0 Å². The molecule has 0 aliphatic rings. The summed E-state index contributed by atoms with van der Waals surface area (Å²) in [6.45, 7) is 0. The van der Waals surface area contributed by atoms with Gasteiger partial charge in [0.2, 0.25) is 5.88 Å². The number of aldehydes is 1. The minimum Gasteiger partial charge on any atom is -0.480 e. The van der Waals surface area contributed by atoms with Crippen LogP contribution in [0.25, 0.3) is 5.65 Å². The van der Waals surface area contributed by atoms with E-state index in [1.165, 1.54) is 7.11 Å². The maximum atomic E-state index is 10.4. The molecule has 0 bridgehead atoms. The van der Waals surface area contributed by atoms with Crippen molar-refractivity contribution in [2.75, 3.05) is 7.11 Å². The monoisotopic (exact) mass is 177 g/mol. The SMILES string of the molecule is COc1cn2cc(C=O)nc2cn1. The molecule has 2 aromatic rings. The normalized spacial score (nSPS) is 10.2. The first-order valence-corrected chi connectivity index (χ1v) is 3.67. The van der Waals surface area contributed by atoms with Crippen LogP contribution in [0.4, 0.5) is 0 Å². The van der Waals surface area contributed by atoms with Crippen LogP contribution >= 0.6 is 0 Å². The van der Waals surface area contributed by atoms with Gasteiger partial charge in [0, 0.05) is 6.20 Å². The molecule has 0 aliphatic heterocycles. The summed E-state index contributed by atoms with van der Waals surface area (Å²) < 4.78 is 6.61. The fraction of sp³-hybridized carbons (Fsp3) is 0.125. The molecule has 0 aliphatic carbocycles. The Hall–Kier alpha value is -1.91. The van der Waals surface area contributed by atoms with E-state index in [9.17, 15) is 4.79 Å².